The van der Waals surface area contributed by atoms with E-state index in [9.17, 15) is 14.4 Å². The molecule has 9 nitrogen and oxygen atoms in total. The second-order valence-electron chi connectivity index (χ2n) is 5.51. The van der Waals surface area contributed by atoms with Crippen LogP contribution in [0.1, 0.15) is 23.0 Å². The molecule has 10 heteroatoms. The summed E-state index contributed by atoms with van der Waals surface area (Å²) in [4.78, 5) is 40.5. The zero-order valence-electron chi connectivity index (χ0n) is 14.3. The molecule has 0 unspecified atom stereocenters. The Kier molecular flexibility index (Phi) is 5.51. The third kappa shape index (κ3) is 4.14. The first kappa shape index (κ1) is 18.6. The van der Waals surface area contributed by atoms with Crippen molar-refractivity contribution in [2.75, 3.05) is 6.61 Å². The van der Waals surface area contributed by atoms with Gasteiger partial charge in [-0.05, 0) is 24.6 Å². The summed E-state index contributed by atoms with van der Waals surface area (Å²) in [6.07, 6.45) is 1.16. The molecule has 0 aliphatic heterocycles. The van der Waals surface area contributed by atoms with E-state index in [0.29, 0.717) is 5.02 Å². The highest BCUT2D eigenvalue weighted by Gasteiger charge is 2.22. The number of fused-ring (bicyclic) bond motifs is 1. The molecule has 0 bridgehead atoms. The zero-order chi connectivity index (χ0) is 19.4. The second kappa shape index (κ2) is 8.00. The first-order valence-electron chi connectivity index (χ1n) is 8.02. The molecule has 0 fully saturated rings. The summed E-state index contributed by atoms with van der Waals surface area (Å²) in [5, 5.41) is 6.71. The van der Waals surface area contributed by atoms with Gasteiger partial charge in [0, 0.05) is 11.6 Å². The van der Waals surface area contributed by atoms with Gasteiger partial charge in [-0.1, -0.05) is 28.9 Å². The average Bonchev–Trinajstić information content (AvgIpc) is 3.09. The molecule has 0 spiro atoms. The number of esters is 1. The number of aromatic nitrogens is 3. The van der Waals surface area contributed by atoms with Gasteiger partial charge in [0.15, 0.2) is 0 Å². The maximum atomic E-state index is 12.6. The Balaban J connectivity index is 1.76. The molecule has 0 radical (unpaired) electrons. The van der Waals surface area contributed by atoms with E-state index in [2.05, 4.69) is 15.5 Å². The molecule has 1 aromatic carbocycles. The summed E-state index contributed by atoms with van der Waals surface area (Å²) in [6, 6.07) is 7.00. The maximum Gasteiger partial charge on any atom is 0.361 e. The van der Waals surface area contributed by atoms with Crippen LogP contribution in [-0.2, 0) is 22.6 Å². The minimum atomic E-state index is -0.792. The largest absolute Gasteiger partial charge is 0.461 e. The first-order valence-corrected chi connectivity index (χ1v) is 8.40. The molecule has 0 aliphatic carbocycles. The van der Waals surface area contributed by atoms with Gasteiger partial charge in [0.05, 0.1) is 6.61 Å². The Morgan fingerprint density at radius 3 is 2.74 bits per heavy atom. The summed E-state index contributed by atoms with van der Waals surface area (Å²) in [5.41, 5.74) is -0.121. The van der Waals surface area contributed by atoms with Crippen LogP contribution in [0.4, 0.5) is 0 Å². The predicted molar refractivity (Wildman–Crippen MR) is 95.3 cm³/mol. The van der Waals surface area contributed by atoms with Gasteiger partial charge in [0.25, 0.3) is 11.3 Å². The standard InChI is InChI=1S/C17H15ClN4O5/c1-2-26-17(25)14-13-15(27-21-14)20-9-22(16(13)24)8-12(23)19-7-10-3-5-11(18)6-4-10/h3-6,9H,2,7-8H2,1H3,(H,19,23). The van der Waals surface area contributed by atoms with Gasteiger partial charge >= 0.3 is 5.97 Å². The zero-order valence-corrected chi connectivity index (χ0v) is 15.0. The Bertz CT molecular complexity index is 1040. The van der Waals surface area contributed by atoms with E-state index in [4.69, 9.17) is 20.9 Å². The van der Waals surface area contributed by atoms with Gasteiger partial charge in [0.2, 0.25) is 11.6 Å². The summed E-state index contributed by atoms with van der Waals surface area (Å²) in [5.74, 6) is -1.19. The number of carbonyl (C=O) groups is 2. The number of nitrogens with zero attached hydrogens (tertiary/aromatic N) is 3. The monoisotopic (exact) mass is 390 g/mol. The smallest absolute Gasteiger partial charge is 0.361 e. The van der Waals surface area contributed by atoms with E-state index < -0.39 is 17.4 Å². The Morgan fingerprint density at radius 2 is 2.04 bits per heavy atom. The summed E-state index contributed by atoms with van der Waals surface area (Å²) in [7, 11) is 0. The van der Waals surface area contributed by atoms with Crippen LogP contribution in [0.25, 0.3) is 11.1 Å². The normalized spacial score (nSPS) is 10.7. The SMILES string of the molecule is CCOC(=O)c1noc2ncn(CC(=O)NCc3ccc(Cl)cc3)c(=O)c12. The number of hydrogen-bond donors (Lipinski definition) is 1. The fourth-order valence-electron chi connectivity index (χ4n) is 2.35. The van der Waals surface area contributed by atoms with Crippen LogP contribution in [-0.4, -0.2) is 33.2 Å². The lowest BCUT2D eigenvalue weighted by atomic mass is 10.2. The van der Waals surface area contributed by atoms with Crippen LogP contribution in [0.5, 0.6) is 0 Å². The molecule has 0 saturated carbocycles. The highest BCUT2D eigenvalue weighted by atomic mass is 35.5. The number of benzene rings is 1. The van der Waals surface area contributed by atoms with E-state index in [-0.39, 0.29) is 36.5 Å². The van der Waals surface area contributed by atoms with Crippen LogP contribution in [0.15, 0.2) is 39.9 Å². The molecular weight excluding hydrogens is 376 g/mol. The number of carbonyl (C=O) groups excluding carboxylic acids is 2. The van der Waals surface area contributed by atoms with Crippen molar-refractivity contribution in [3.8, 4) is 0 Å². The number of amides is 1. The van der Waals surface area contributed by atoms with Crippen molar-refractivity contribution >= 4 is 34.6 Å². The predicted octanol–water partition coefficient (Wildman–Crippen LogP) is 1.53. The molecule has 140 valence electrons. The molecule has 0 atom stereocenters. The molecule has 3 aromatic rings. The number of ether oxygens (including phenoxy) is 1. The number of halogens is 1. The van der Waals surface area contributed by atoms with Crippen LogP contribution >= 0.6 is 11.6 Å². The van der Waals surface area contributed by atoms with Gasteiger partial charge in [-0.3, -0.25) is 14.2 Å². The van der Waals surface area contributed by atoms with Gasteiger partial charge in [0.1, 0.15) is 18.3 Å². The third-order valence-electron chi connectivity index (χ3n) is 3.65. The summed E-state index contributed by atoms with van der Waals surface area (Å²) < 4.78 is 10.8. The molecule has 2 aromatic heterocycles. The van der Waals surface area contributed by atoms with Crippen LogP contribution < -0.4 is 10.9 Å². The molecule has 2 heterocycles. The fraction of sp³-hybridized carbons (Fsp3) is 0.235. The minimum Gasteiger partial charge on any atom is -0.461 e. The first-order chi connectivity index (χ1) is 13.0. The van der Waals surface area contributed by atoms with Crippen LogP contribution in [0.3, 0.4) is 0 Å². The number of rotatable bonds is 6. The summed E-state index contributed by atoms with van der Waals surface area (Å²) in [6.45, 7) is 1.75. The van der Waals surface area contributed by atoms with E-state index >= 15 is 0 Å². The van der Waals surface area contributed by atoms with Gasteiger partial charge in [-0.25, -0.2) is 9.78 Å². The Labute approximate surface area is 157 Å². The summed E-state index contributed by atoms with van der Waals surface area (Å²) >= 11 is 5.81. The van der Waals surface area contributed by atoms with Crippen molar-refractivity contribution in [3.63, 3.8) is 0 Å². The molecular formula is C17H15ClN4O5. The molecule has 1 N–H and O–H groups in total. The molecule has 3 rings (SSSR count). The van der Waals surface area contributed by atoms with Crippen molar-refractivity contribution in [1.82, 2.24) is 20.0 Å². The molecule has 0 aliphatic rings. The quantitative estimate of drug-likeness (QED) is 0.634. The Morgan fingerprint density at radius 1 is 1.30 bits per heavy atom. The molecule has 0 saturated heterocycles. The van der Waals surface area contributed by atoms with Gasteiger partial charge in [-0.15, -0.1) is 0 Å². The lowest BCUT2D eigenvalue weighted by molar-refractivity contribution is -0.121. The Hall–Kier alpha value is -3.20. The lowest BCUT2D eigenvalue weighted by Gasteiger charge is -2.07. The highest BCUT2D eigenvalue weighted by Crippen LogP contribution is 2.13. The van der Waals surface area contributed by atoms with Crippen molar-refractivity contribution in [1.29, 1.82) is 0 Å². The number of nitrogens with one attached hydrogen (secondary N) is 1. The van der Waals surface area contributed by atoms with Crippen molar-refractivity contribution < 1.29 is 18.8 Å². The molecule has 27 heavy (non-hydrogen) atoms. The topological polar surface area (TPSA) is 116 Å². The van der Waals surface area contributed by atoms with E-state index in [1.807, 2.05) is 0 Å². The third-order valence-corrected chi connectivity index (χ3v) is 3.90. The van der Waals surface area contributed by atoms with Crippen LogP contribution in [0, 0.1) is 0 Å². The molecule has 1 amide bonds. The van der Waals surface area contributed by atoms with Gasteiger partial charge < -0.3 is 14.6 Å². The van der Waals surface area contributed by atoms with E-state index in [1.54, 1.807) is 31.2 Å². The minimum absolute atomic E-state index is 0.0964. The lowest BCUT2D eigenvalue weighted by Crippen LogP contribution is -2.32. The van der Waals surface area contributed by atoms with E-state index in [0.717, 1.165) is 16.5 Å². The number of hydrogen-bond acceptors (Lipinski definition) is 7. The average molecular weight is 391 g/mol. The fourth-order valence-corrected chi connectivity index (χ4v) is 2.47. The van der Waals surface area contributed by atoms with Crippen molar-refractivity contribution in [3.05, 3.63) is 57.2 Å². The van der Waals surface area contributed by atoms with Crippen molar-refractivity contribution in [2.45, 2.75) is 20.0 Å². The van der Waals surface area contributed by atoms with Gasteiger partial charge in [-0.2, -0.15) is 0 Å². The van der Waals surface area contributed by atoms with E-state index in [1.165, 1.54) is 0 Å². The second-order valence-corrected chi connectivity index (χ2v) is 5.95. The van der Waals surface area contributed by atoms with Crippen molar-refractivity contribution in [2.24, 2.45) is 0 Å². The maximum absolute atomic E-state index is 12.6. The highest BCUT2D eigenvalue weighted by molar-refractivity contribution is 6.30. The van der Waals surface area contributed by atoms with Crippen LogP contribution in [0.2, 0.25) is 5.02 Å².